The zero-order chi connectivity index (χ0) is 21.6. The van der Waals surface area contributed by atoms with Crippen LogP contribution in [0.2, 0.25) is 0 Å². The largest absolute Gasteiger partial charge is 0.508 e. The second-order valence-corrected chi connectivity index (χ2v) is 8.09. The van der Waals surface area contributed by atoms with Crippen molar-refractivity contribution in [1.29, 1.82) is 0 Å². The van der Waals surface area contributed by atoms with Crippen molar-refractivity contribution < 1.29 is 9.90 Å². The van der Waals surface area contributed by atoms with Crippen LogP contribution in [0.25, 0.3) is 0 Å². The summed E-state index contributed by atoms with van der Waals surface area (Å²) >= 11 is 0. The zero-order valence-corrected chi connectivity index (χ0v) is 18.5. The minimum atomic E-state index is -0.199. The molecular formula is C26H34N2O2. The average molecular weight is 407 g/mol. The van der Waals surface area contributed by atoms with E-state index in [0.29, 0.717) is 18.8 Å². The fourth-order valence-corrected chi connectivity index (χ4v) is 4.62. The molecule has 0 spiro atoms. The molecule has 1 atom stereocenters. The number of likely N-dealkylation sites (tertiary alicyclic amines) is 1. The molecule has 4 nitrogen and oxygen atoms in total. The molecule has 1 aliphatic heterocycles. The Kier molecular flexibility index (Phi) is 7.33. The van der Waals surface area contributed by atoms with Gasteiger partial charge in [-0.2, -0.15) is 0 Å². The standard InChI is InChI=1S/C26H34N2O2/c1-4-7-17-27-18-9-16-26(20-27,23-10-8-11-24(29)19-23)22-14-12-21(13-15-22)25(30)28(5-2)6-3/h4,7-8,10-15,19,29H,5-6,9,16-18,20H2,1-3H3. The SMILES string of the molecule is CC=CCN1CCCC(c2ccc(C(=O)N(CC)CC)cc2)(c2cccc(O)c2)C1. The van der Waals surface area contributed by atoms with Crippen LogP contribution in [-0.4, -0.2) is 53.5 Å². The molecule has 1 N–H and O–H groups in total. The first kappa shape index (κ1) is 22.1. The van der Waals surface area contributed by atoms with Gasteiger partial charge in [0, 0.05) is 37.2 Å². The fourth-order valence-electron chi connectivity index (χ4n) is 4.62. The van der Waals surface area contributed by atoms with E-state index in [0.717, 1.165) is 43.6 Å². The number of phenols is 1. The number of hydrogen-bond acceptors (Lipinski definition) is 3. The zero-order valence-electron chi connectivity index (χ0n) is 18.5. The van der Waals surface area contributed by atoms with Crippen LogP contribution in [0, 0.1) is 0 Å². The molecule has 0 aliphatic carbocycles. The Hall–Kier alpha value is -2.59. The van der Waals surface area contributed by atoms with E-state index in [1.54, 1.807) is 6.07 Å². The monoisotopic (exact) mass is 406 g/mol. The average Bonchev–Trinajstić information content (AvgIpc) is 2.78. The number of nitrogens with zero attached hydrogens (tertiary/aromatic N) is 2. The minimum Gasteiger partial charge on any atom is -0.508 e. The molecular weight excluding hydrogens is 372 g/mol. The van der Waals surface area contributed by atoms with Crippen molar-refractivity contribution in [2.24, 2.45) is 0 Å². The fraction of sp³-hybridized carbons (Fsp3) is 0.423. The van der Waals surface area contributed by atoms with Crippen LogP contribution >= 0.6 is 0 Å². The van der Waals surface area contributed by atoms with Gasteiger partial charge in [0.25, 0.3) is 5.91 Å². The second-order valence-electron chi connectivity index (χ2n) is 8.09. The quantitative estimate of drug-likeness (QED) is 0.670. The Morgan fingerprint density at radius 2 is 1.87 bits per heavy atom. The highest BCUT2D eigenvalue weighted by atomic mass is 16.3. The first-order valence-corrected chi connectivity index (χ1v) is 11.1. The smallest absolute Gasteiger partial charge is 0.253 e. The van der Waals surface area contributed by atoms with E-state index in [4.69, 9.17) is 0 Å². The predicted molar refractivity (Wildman–Crippen MR) is 123 cm³/mol. The molecule has 2 aromatic rings. The summed E-state index contributed by atoms with van der Waals surface area (Å²) in [6.07, 6.45) is 6.40. The van der Waals surface area contributed by atoms with Gasteiger partial charge in [0.2, 0.25) is 0 Å². The minimum absolute atomic E-state index is 0.0799. The maximum atomic E-state index is 12.7. The highest BCUT2D eigenvalue weighted by Crippen LogP contribution is 2.41. The Morgan fingerprint density at radius 3 is 2.50 bits per heavy atom. The third-order valence-electron chi connectivity index (χ3n) is 6.30. The molecule has 1 amide bonds. The van der Waals surface area contributed by atoms with Crippen molar-refractivity contribution in [2.75, 3.05) is 32.7 Å². The molecule has 3 rings (SSSR count). The van der Waals surface area contributed by atoms with Crippen molar-refractivity contribution in [3.8, 4) is 5.75 Å². The van der Waals surface area contributed by atoms with Gasteiger partial charge >= 0.3 is 0 Å². The van der Waals surface area contributed by atoms with E-state index < -0.39 is 0 Å². The van der Waals surface area contributed by atoms with E-state index in [9.17, 15) is 9.90 Å². The molecule has 1 fully saturated rings. The van der Waals surface area contributed by atoms with E-state index >= 15 is 0 Å². The van der Waals surface area contributed by atoms with E-state index in [1.807, 2.05) is 43.0 Å². The number of carbonyl (C=O) groups is 1. The number of benzene rings is 2. The maximum Gasteiger partial charge on any atom is 0.253 e. The van der Waals surface area contributed by atoms with Gasteiger partial charge in [-0.05, 0) is 75.5 Å². The van der Waals surface area contributed by atoms with Crippen molar-refractivity contribution in [1.82, 2.24) is 9.80 Å². The molecule has 1 aliphatic rings. The van der Waals surface area contributed by atoms with E-state index in [2.05, 4.69) is 42.2 Å². The summed E-state index contributed by atoms with van der Waals surface area (Å²) in [7, 11) is 0. The van der Waals surface area contributed by atoms with Gasteiger partial charge in [-0.1, -0.05) is 36.4 Å². The van der Waals surface area contributed by atoms with Crippen LogP contribution < -0.4 is 0 Å². The lowest BCUT2D eigenvalue weighted by Gasteiger charge is -2.44. The Bertz CT molecular complexity index is 871. The lowest BCUT2D eigenvalue weighted by Crippen LogP contribution is -2.46. The van der Waals surface area contributed by atoms with Crippen LogP contribution in [0.3, 0.4) is 0 Å². The highest BCUT2D eigenvalue weighted by molar-refractivity contribution is 5.94. The maximum absolute atomic E-state index is 12.7. The first-order valence-electron chi connectivity index (χ1n) is 11.1. The van der Waals surface area contributed by atoms with Crippen molar-refractivity contribution in [3.05, 3.63) is 77.4 Å². The molecule has 0 saturated carbocycles. The molecule has 1 heterocycles. The number of rotatable bonds is 7. The van der Waals surface area contributed by atoms with Crippen molar-refractivity contribution >= 4 is 5.91 Å². The Labute approximate surface area is 180 Å². The number of piperidine rings is 1. The topological polar surface area (TPSA) is 43.8 Å². The van der Waals surface area contributed by atoms with Crippen molar-refractivity contribution in [2.45, 2.75) is 39.0 Å². The van der Waals surface area contributed by atoms with Gasteiger partial charge < -0.3 is 10.0 Å². The number of allylic oxidation sites excluding steroid dienone is 1. The molecule has 160 valence electrons. The molecule has 0 aromatic heterocycles. The normalized spacial score (nSPS) is 19.8. The van der Waals surface area contributed by atoms with Crippen LogP contribution in [0.15, 0.2) is 60.7 Å². The molecule has 30 heavy (non-hydrogen) atoms. The second kappa shape index (κ2) is 9.94. The number of aromatic hydroxyl groups is 1. The number of phenolic OH excluding ortho intramolecular Hbond substituents is 1. The van der Waals surface area contributed by atoms with Gasteiger partial charge in [0.15, 0.2) is 0 Å². The van der Waals surface area contributed by atoms with E-state index in [1.165, 1.54) is 5.56 Å². The molecule has 0 bridgehead atoms. The van der Waals surface area contributed by atoms with E-state index in [-0.39, 0.29) is 11.3 Å². The summed E-state index contributed by atoms with van der Waals surface area (Å²) in [4.78, 5) is 17.1. The van der Waals surface area contributed by atoms with Crippen LogP contribution in [0.1, 0.15) is 55.1 Å². The molecule has 2 aromatic carbocycles. The summed E-state index contributed by atoms with van der Waals surface area (Å²) < 4.78 is 0. The molecule has 4 heteroatoms. The number of amides is 1. The summed E-state index contributed by atoms with van der Waals surface area (Å²) in [6.45, 7) is 10.4. The number of hydrogen-bond donors (Lipinski definition) is 1. The molecule has 1 saturated heterocycles. The third-order valence-corrected chi connectivity index (χ3v) is 6.30. The summed E-state index contributed by atoms with van der Waals surface area (Å²) in [6, 6.07) is 15.8. The Balaban J connectivity index is 1.99. The van der Waals surface area contributed by atoms with Crippen LogP contribution in [0.5, 0.6) is 5.75 Å². The molecule has 1 unspecified atom stereocenters. The summed E-state index contributed by atoms with van der Waals surface area (Å²) in [5, 5.41) is 10.2. The third kappa shape index (κ3) is 4.59. The highest BCUT2D eigenvalue weighted by Gasteiger charge is 2.38. The lowest BCUT2D eigenvalue weighted by atomic mass is 9.69. The Morgan fingerprint density at radius 1 is 1.13 bits per heavy atom. The lowest BCUT2D eigenvalue weighted by molar-refractivity contribution is 0.0773. The predicted octanol–water partition coefficient (Wildman–Crippen LogP) is 4.83. The summed E-state index contributed by atoms with van der Waals surface area (Å²) in [5.74, 6) is 0.377. The van der Waals surface area contributed by atoms with Gasteiger partial charge in [0.05, 0.1) is 0 Å². The van der Waals surface area contributed by atoms with Gasteiger partial charge in [-0.3, -0.25) is 9.69 Å². The van der Waals surface area contributed by atoms with Crippen molar-refractivity contribution in [3.63, 3.8) is 0 Å². The molecule has 0 radical (unpaired) electrons. The van der Waals surface area contributed by atoms with Gasteiger partial charge in [-0.25, -0.2) is 0 Å². The summed E-state index contributed by atoms with van der Waals surface area (Å²) in [5.41, 5.74) is 2.87. The van der Waals surface area contributed by atoms with Crippen LogP contribution in [-0.2, 0) is 5.41 Å². The van der Waals surface area contributed by atoms with Gasteiger partial charge in [0.1, 0.15) is 5.75 Å². The van der Waals surface area contributed by atoms with Crippen LogP contribution in [0.4, 0.5) is 0 Å². The number of carbonyl (C=O) groups excluding carboxylic acids is 1. The first-order chi connectivity index (χ1) is 14.5. The van der Waals surface area contributed by atoms with Gasteiger partial charge in [-0.15, -0.1) is 0 Å².